The first kappa shape index (κ1) is 23.9. The molecule has 2 atom stereocenters. The molecule has 0 aliphatic carbocycles. The second-order valence-electron chi connectivity index (χ2n) is 8.25. The van der Waals surface area contributed by atoms with Crippen molar-refractivity contribution in [2.24, 2.45) is 0 Å². The summed E-state index contributed by atoms with van der Waals surface area (Å²) in [4.78, 5) is 19.3. The van der Waals surface area contributed by atoms with Crippen LogP contribution in [-0.4, -0.2) is 48.2 Å². The first-order valence-electron chi connectivity index (χ1n) is 11.3. The third kappa shape index (κ3) is 5.81. The van der Waals surface area contributed by atoms with Gasteiger partial charge in [0.25, 0.3) is 5.91 Å². The zero-order valence-corrected chi connectivity index (χ0v) is 19.0. The number of nitrogens with one attached hydrogen (secondary N) is 1. The average molecular weight is 470 g/mol. The van der Waals surface area contributed by atoms with E-state index in [4.69, 9.17) is 10.00 Å². The van der Waals surface area contributed by atoms with Crippen molar-refractivity contribution in [2.75, 3.05) is 26.4 Å². The van der Waals surface area contributed by atoms with Crippen LogP contribution in [0.1, 0.15) is 45.1 Å². The van der Waals surface area contributed by atoms with Gasteiger partial charge < -0.3 is 10.1 Å². The lowest BCUT2D eigenvalue weighted by Crippen LogP contribution is -2.38. The maximum atomic E-state index is 12.7. The molecule has 35 heavy (non-hydrogen) atoms. The lowest BCUT2D eigenvalue weighted by Gasteiger charge is -2.29. The van der Waals surface area contributed by atoms with E-state index >= 15 is 0 Å². The van der Waals surface area contributed by atoms with Crippen LogP contribution < -0.4 is 10.1 Å². The van der Waals surface area contributed by atoms with Gasteiger partial charge in [-0.2, -0.15) is 10.5 Å². The summed E-state index contributed by atoms with van der Waals surface area (Å²) in [5, 5.41) is 21.2. The monoisotopic (exact) mass is 469 g/mol. The molecule has 1 unspecified atom stereocenters. The van der Waals surface area contributed by atoms with Gasteiger partial charge in [-0.05, 0) is 53.9 Å². The summed E-state index contributed by atoms with van der Waals surface area (Å²) in [7, 11) is 0. The molecule has 1 aliphatic heterocycles. The van der Waals surface area contributed by atoms with Gasteiger partial charge in [-0.3, -0.25) is 9.69 Å². The van der Waals surface area contributed by atoms with Gasteiger partial charge >= 0.3 is 0 Å². The second kappa shape index (κ2) is 11.2. The minimum absolute atomic E-state index is 0.0425. The Balaban J connectivity index is 1.51. The SMILES string of the molecule is N#Cc1ccc(C(=O)N[C@@H]2CCN(C(c3ccc(C#N)cc3)c3ccc(OCCF)nc3)C2)cc1. The van der Waals surface area contributed by atoms with Crippen LogP contribution in [0.15, 0.2) is 66.9 Å². The summed E-state index contributed by atoms with van der Waals surface area (Å²) in [5.74, 6) is 0.186. The molecule has 2 aromatic carbocycles. The summed E-state index contributed by atoms with van der Waals surface area (Å²) in [6.45, 7) is 0.759. The molecule has 8 heteroatoms. The van der Waals surface area contributed by atoms with E-state index in [1.807, 2.05) is 18.2 Å². The van der Waals surface area contributed by atoms with Crippen molar-refractivity contribution in [3.63, 3.8) is 0 Å². The number of ether oxygens (including phenoxy) is 1. The summed E-state index contributed by atoms with van der Waals surface area (Å²) >= 11 is 0. The van der Waals surface area contributed by atoms with Gasteiger partial charge in [0.05, 0.1) is 29.3 Å². The number of amides is 1. The molecule has 2 heterocycles. The smallest absolute Gasteiger partial charge is 0.251 e. The molecule has 3 aromatic rings. The fourth-order valence-electron chi connectivity index (χ4n) is 4.24. The molecule has 1 saturated heterocycles. The average Bonchev–Trinajstić information content (AvgIpc) is 3.36. The van der Waals surface area contributed by atoms with Crippen LogP contribution in [0.5, 0.6) is 5.88 Å². The Labute approximate surface area is 203 Å². The van der Waals surface area contributed by atoms with Crippen LogP contribution in [-0.2, 0) is 0 Å². The van der Waals surface area contributed by atoms with E-state index in [1.54, 1.807) is 48.7 Å². The molecular weight excluding hydrogens is 445 g/mol. The van der Waals surface area contributed by atoms with Gasteiger partial charge in [-0.1, -0.05) is 18.2 Å². The molecule has 7 nitrogen and oxygen atoms in total. The Morgan fingerprint density at radius 3 is 2.31 bits per heavy atom. The molecule has 1 N–H and O–H groups in total. The summed E-state index contributed by atoms with van der Waals surface area (Å²) in [6, 6.07) is 21.6. The largest absolute Gasteiger partial charge is 0.475 e. The highest BCUT2D eigenvalue weighted by atomic mass is 19.1. The third-order valence-electron chi connectivity index (χ3n) is 5.95. The van der Waals surface area contributed by atoms with Crippen molar-refractivity contribution >= 4 is 5.91 Å². The number of pyridine rings is 1. The number of hydrogen-bond acceptors (Lipinski definition) is 6. The summed E-state index contributed by atoms with van der Waals surface area (Å²) in [6.07, 6.45) is 2.50. The molecule has 0 spiro atoms. The molecule has 1 aromatic heterocycles. The number of hydrogen-bond donors (Lipinski definition) is 1. The zero-order chi connectivity index (χ0) is 24.6. The molecule has 4 rings (SSSR count). The first-order chi connectivity index (χ1) is 17.1. The van der Waals surface area contributed by atoms with Gasteiger partial charge in [0.15, 0.2) is 0 Å². The van der Waals surface area contributed by atoms with Crippen LogP contribution >= 0.6 is 0 Å². The van der Waals surface area contributed by atoms with Gasteiger partial charge in [-0.25, -0.2) is 9.37 Å². The Kier molecular flexibility index (Phi) is 7.67. The van der Waals surface area contributed by atoms with Gasteiger partial charge in [0, 0.05) is 37.0 Å². The predicted molar refractivity (Wildman–Crippen MR) is 127 cm³/mol. The Bertz CT molecular complexity index is 1230. The quantitative estimate of drug-likeness (QED) is 0.539. The number of rotatable bonds is 8. The van der Waals surface area contributed by atoms with Crippen LogP contribution in [0.4, 0.5) is 4.39 Å². The number of nitrogens with zero attached hydrogens (tertiary/aromatic N) is 4. The predicted octanol–water partition coefficient (Wildman–Crippen LogP) is 3.77. The van der Waals surface area contributed by atoms with Crippen LogP contribution in [0.25, 0.3) is 0 Å². The molecule has 0 bridgehead atoms. The number of carbonyl (C=O) groups is 1. The molecule has 0 radical (unpaired) electrons. The van der Waals surface area contributed by atoms with Gasteiger partial charge in [-0.15, -0.1) is 0 Å². The van der Waals surface area contributed by atoms with E-state index in [1.165, 1.54) is 0 Å². The van der Waals surface area contributed by atoms with Crippen molar-refractivity contribution in [3.05, 3.63) is 94.7 Å². The van der Waals surface area contributed by atoms with Crippen molar-refractivity contribution in [1.82, 2.24) is 15.2 Å². The Morgan fingerprint density at radius 2 is 1.71 bits per heavy atom. The second-order valence-corrected chi connectivity index (χ2v) is 8.25. The molecule has 1 fully saturated rings. The van der Waals surface area contributed by atoms with Gasteiger partial charge in [0.2, 0.25) is 5.88 Å². The van der Waals surface area contributed by atoms with Crippen molar-refractivity contribution in [1.29, 1.82) is 10.5 Å². The fraction of sp³-hybridized carbons (Fsp3) is 0.259. The fourth-order valence-corrected chi connectivity index (χ4v) is 4.24. The number of likely N-dealkylation sites (tertiary alicyclic amines) is 1. The Hall–Kier alpha value is -4.27. The van der Waals surface area contributed by atoms with Crippen LogP contribution in [0.2, 0.25) is 0 Å². The highest BCUT2D eigenvalue weighted by Crippen LogP contribution is 2.32. The van der Waals surface area contributed by atoms with Crippen LogP contribution in [0, 0.1) is 22.7 Å². The van der Waals surface area contributed by atoms with Gasteiger partial charge in [0.1, 0.15) is 13.3 Å². The van der Waals surface area contributed by atoms with Crippen LogP contribution in [0.3, 0.4) is 0 Å². The van der Waals surface area contributed by atoms with E-state index in [9.17, 15) is 14.4 Å². The number of carbonyl (C=O) groups excluding carboxylic acids is 1. The molecule has 1 aliphatic rings. The lowest BCUT2D eigenvalue weighted by atomic mass is 9.97. The molecule has 0 saturated carbocycles. The summed E-state index contributed by atoms with van der Waals surface area (Å²) in [5.41, 5.74) is 3.53. The number of nitriles is 2. The number of halogens is 1. The normalized spacial score (nSPS) is 16.1. The summed E-state index contributed by atoms with van der Waals surface area (Å²) < 4.78 is 17.7. The highest BCUT2D eigenvalue weighted by Gasteiger charge is 2.31. The molecular formula is C27H24FN5O2. The number of benzene rings is 2. The Morgan fingerprint density at radius 1 is 1.06 bits per heavy atom. The van der Waals surface area contributed by atoms with E-state index < -0.39 is 6.67 Å². The third-order valence-corrected chi connectivity index (χ3v) is 5.95. The zero-order valence-electron chi connectivity index (χ0n) is 19.0. The molecule has 176 valence electrons. The molecule has 1 amide bonds. The van der Waals surface area contributed by atoms with E-state index in [0.717, 1.165) is 24.1 Å². The van der Waals surface area contributed by atoms with Crippen molar-refractivity contribution < 1.29 is 13.9 Å². The van der Waals surface area contributed by atoms with E-state index in [2.05, 4.69) is 27.3 Å². The maximum absolute atomic E-state index is 12.7. The van der Waals surface area contributed by atoms with E-state index in [0.29, 0.717) is 29.1 Å². The standard InChI is InChI=1S/C27H24FN5O2/c28-12-14-35-25-10-9-23(17-31-25)26(21-5-1-19(15-29)2-6-21)33-13-11-24(18-33)32-27(34)22-7-3-20(16-30)4-8-22/h1-10,17,24,26H,11-14,18H2,(H,32,34)/t24-,26?/m1/s1. The van der Waals surface area contributed by atoms with Crippen molar-refractivity contribution in [2.45, 2.75) is 18.5 Å². The van der Waals surface area contributed by atoms with Crippen molar-refractivity contribution in [3.8, 4) is 18.0 Å². The number of alkyl halides is 1. The first-order valence-corrected chi connectivity index (χ1v) is 11.3. The van der Waals surface area contributed by atoms with E-state index in [-0.39, 0.29) is 24.6 Å². The highest BCUT2D eigenvalue weighted by molar-refractivity contribution is 5.94. The maximum Gasteiger partial charge on any atom is 0.251 e. The minimum Gasteiger partial charge on any atom is -0.475 e. The lowest BCUT2D eigenvalue weighted by molar-refractivity contribution is 0.0937. The minimum atomic E-state index is -0.583. The topological polar surface area (TPSA) is 102 Å². The number of aromatic nitrogens is 1.